The fraction of sp³-hybridized carbons (Fsp3) is 0.219. The molecule has 4 N–H and O–H groups in total. The third kappa shape index (κ3) is 11.3. The predicted octanol–water partition coefficient (Wildman–Crippen LogP) is 2.67. The van der Waals surface area contributed by atoms with E-state index >= 15 is 0 Å². The minimum absolute atomic E-state index is 0.0854. The topological polar surface area (TPSA) is 194 Å². The van der Waals surface area contributed by atoms with E-state index in [1.807, 2.05) is 30.3 Å². The Labute approximate surface area is 270 Å². The van der Waals surface area contributed by atoms with Crippen LogP contribution >= 0.6 is 0 Å². The lowest BCUT2D eigenvalue weighted by molar-refractivity contribution is -0.145. The zero-order valence-electron chi connectivity index (χ0n) is 25.8. The molecule has 15 heteroatoms. The van der Waals surface area contributed by atoms with Gasteiger partial charge >= 0.3 is 24.1 Å². The highest BCUT2D eigenvalue weighted by molar-refractivity contribution is 6.06. The third-order valence-corrected chi connectivity index (χ3v) is 6.25. The average Bonchev–Trinajstić information content (AvgIpc) is 3.07. The summed E-state index contributed by atoms with van der Waals surface area (Å²) >= 11 is 0. The molecule has 0 spiro atoms. The zero-order chi connectivity index (χ0) is 34.2. The maximum Gasteiger partial charge on any atom is 0.428 e. The van der Waals surface area contributed by atoms with Crippen molar-refractivity contribution in [3.8, 4) is 0 Å². The summed E-state index contributed by atoms with van der Waals surface area (Å²) < 4.78 is 14.6. The van der Waals surface area contributed by atoms with Gasteiger partial charge in [-0.25, -0.2) is 19.8 Å². The van der Waals surface area contributed by atoms with Crippen molar-refractivity contribution in [2.24, 2.45) is 5.10 Å². The van der Waals surface area contributed by atoms with Gasteiger partial charge in [-0.1, -0.05) is 60.7 Å². The van der Waals surface area contributed by atoms with Crippen LogP contribution in [0.25, 0.3) is 0 Å². The summed E-state index contributed by atoms with van der Waals surface area (Å²) in [5.74, 6) is -3.32. The summed E-state index contributed by atoms with van der Waals surface area (Å²) in [6, 6.07) is 20.9. The minimum atomic E-state index is -1.72. The first-order valence-corrected chi connectivity index (χ1v) is 14.1. The van der Waals surface area contributed by atoms with Gasteiger partial charge in [-0.05, 0) is 35.4 Å². The molecular formula is C32H34N6O9. The van der Waals surface area contributed by atoms with E-state index in [1.165, 1.54) is 30.5 Å². The second-order valence-corrected chi connectivity index (χ2v) is 9.66. The summed E-state index contributed by atoms with van der Waals surface area (Å²) in [5.41, 5.74) is 4.11. The van der Waals surface area contributed by atoms with Crippen LogP contribution in [0.3, 0.4) is 0 Å². The molecule has 0 saturated heterocycles. The number of amides is 5. The SMILES string of the molecule is COC(=O)C[C@H](NC(C)=O)C(=O)N(c1ccccc1)[C@@H](NC(=O)Nc1ccc(C=NNC(=O)OCc2ccccc2)cc1)C(=O)OC. The Morgan fingerprint density at radius 2 is 1.47 bits per heavy atom. The number of hydrogen-bond donors (Lipinski definition) is 4. The van der Waals surface area contributed by atoms with Gasteiger partial charge in [-0.15, -0.1) is 0 Å². The van der Waals surface area contributed by atoms with Crippen LogP contribution in [0.4, 0.5) is 21.0 Å². The number of rotatable bonds is 13. The second kappa shape index (κ2) is 17.9. The molecule has 0 bridgehead atoms. The van der Waals surface area contributed by atoms with Crippen LogP contribution in [0.2, 0.25) is 0 Å². The van der Waals surface area contributed by atoms with Crippen LogP contribution in [-0.4, -0.2) is 68.5 Å². The van der Waals surface area contributed by atoms with E-state index in [9.17, 15) is 28.8 Å². The average molecular weight is 647 g/mol. The number of anilines is 2. The van der Waals surface area contributed by atoms with Crippen molar-refractivity contribution in [3.05, 3.63) is 96.1 Å². The van der Waals surface area contributed by atoms with Crippen LogP contribution in [0.15, 0.2) is 90.0 Å². The maximum atomic E-state index is 13.8. The van der Waals surface area contributed by atoms with E-state index in [-0.39, 0.29) is 12.3 Å². The lowest BCUT2D eigenvalue weighted by Gasteiger charge is -2.33. The van der Waals surface area contributed by atoms with Crippen molar-refractivity contribution in [3.63, 3.8) is 0 Å². The molecule has 47 heavy (non-hydrogen) atoms. The second-order valence-electron chi connectivity index (χ2n) is 9.66. The van der Waals surface area contributed by atoms with Crippen LogP contribution < -0.4 is 26.3 Å². The van der Waals surface area contributed by atoms with Gasteiger partial charge in [-0.2, -0.15) is 5.10 Å². The molecule has 3 rings (SSSR count). The number of hydrogen-bond acceptors (Lipinski definition) is 10. The number of nitrogens with one attached hydrogen (secondary N) is 4. The van der Waals surface area contributed by atoms with E-state index < -0.39 is 54.5 Å². The number of carbonyl (C=O) groups is 6. The number of hydrazone groups is 1. The van der Waals surface area contributed by atoms with E-state index in [0.717, 1.165) is 31.6 Å². The van der Waals surface area contributed by atoms with E-state index in [2.05, 4.69) is 31.2 Å². The Kier molecular flexibility index (Phi) is 13.4. The number of ether oxygens (including phenoxy) is 3. The minimum Gasteiger partial charge on any atom is -0.469 e. The van der Waals surface area contributed by atoms with Crippen molar-refractivity contribution in [1.82, 2.24) is 16.1 Å². The Morgan fingerprint density at radius 1 is 0.830 bits per heavy atom. The molecular weight excluding hydrogens is 612 g/mol. The molecule has 0 radical (unpaired) electrons. The molecule has 0 heterocycles. The Balaban J connectivity index is 1.71. The monoisotopic (exact) mass is 646 g/mol. The summed E-state index contributed by atoms with van der Waals surface area (Å²) in [7, 11) is 2.19. The highest BCUT2D eigenvalue weighted by atomic mass is 16.6. The van der Waals surface area contributed by atoms with Gasteiger partial charge < -0.3 is 30.2 Å². The Bertz CT molecular complexity index is 1570. The lowest BCUT2D eigenvalue weighted by Crippen LogP contribution is -2.61. The first kappa shape index (κ1) is 35.2. The van der Waals surface area contributed by atoms with E-state index in [1.54, 1.807) is 30.3 Å². The molecule has 0 unspecified atom stereocenters. The van der Waals surface area contributed by atoms with Gasteiger partial charge in [0, 0.05) is 18.3 Å². The predicted molar refractivity (Wildman–Crippen MR) is 170 cm³/mol. The quantitative estimate of drug-likeness (QED) is 0.0710. The number of urea groups is 1. The molecule has 2 atom stereocenters. The molecule has 246 valence electrons. The fourth-order valence-electron chi connectivity index (χ4n) is 4.05. The first-order valence-electron chi connectivity index (χ1n) is 14.1. The Hall–Kier alpha value is -6.25. The normalized spacial score (nSPS) is 11.7. The summed E-state index contributed by atoms with van der Waals surface area (Å²) in [4.78, 5) is 76.5. The fourth-order valence-corrected chi connectivity index (χ4v) is 4.05. The van der Waals surface area contributed by atoms with E-state index in [4.69, 9.17) is 9.47 Å². The maximum absolute atomic E-state index is 13.8. The molecule has 5 amide bonds. The van der Waals surface area contributed by atoms with Gasteiger partial charge in [-0.3, -0.25) is 19.3 Å². The molecule has 0 saturated carbocycles. The molecule has 3 aromatic rings. The molecule has 0 aliphatic heterocycles. The van der Waals surface area contributed by atoms with Crippen molar-refractivity contribution in [2.75, 3.05) is 24.4 Å². The number of esters is 2. The van der Waals surface area contributed by atoms with Gasteiger partial charge in [0.25, 0.3) is 5.91 Å². The molecule has 3 aromatic carbocycles. The summed E-state index contributed by atoms with van der Waals surface area (Å²) in [6.07, 6.45) is -1.64. The first-order chi connectivity index (χ1) is 22.6. The summed E-state index contributed by atoms with van der Waals surface area (Å²) in [6.45, 7) is 1.24. The molecule has 0 aliphatic rings. The molecule has 15 nitrogen and oxygen atoms in total. The highest BCUT2D eigenvalue weighted by Gasteiger charge is 2.38. The van der Waals surface area contributed by atoms with E-state index in [0.29, 0.717) is 11.3 Å². The van der Waals surface area contributed by atoms with Crippen molar-refractivity contribution in [1.29, 1.82) is 0 Å². The number of carbonyl (C=O) groups excluding carboxylic acids is 6. The van der Waals surface area contributed by atoms with Gasteiger partial charge in [0.2, 0.25) is 12.1 Å². The van der Waals surface area contributed by atoms with Crippen molar-refractivity contribution >= 4 is 53.5 Å². The molecule has 0 aromatic heterocycles. The van der Waals surface area contributed by atoms with Gasteiger partial charge in [0.15, 0.2) is 0 Å². The number of methoxy groups -OCH3 is 2. The Morgan fingerprint density at radius 3 is 2.06 bits per heavy atom. The summed E-state index contributed by atoms with van der Waals surface area (Å²) in [5, 5.41) is 11.2. The van der Waals surface area contributed by atoms with Gasteiger partial charge in [0.05, 0.1) is 26.9 Å². The molecule has 0 fully saturated rings. The zero-order valence-corrected chi connectivity index (χ0v) is 25.8. The van der Waals surface area contributed by atoms with Gasteiger partial charge in [0.1, 0.15) is 12.6 Å². The van der Waals surface area contributed by atoms with Crippen LogP contribution in [0, 0.1) is 0 Å². The number of para-hydroxylation sites is 1. The lowest BCUT2D eigenvalue weighted by atomic mass is 10.1. The van der Waals surface area contributed by atoms with Crippen LogP contribution in [-0.2, 0) is 40.0 Å². The smallest absolute Gasteiger partial charge is 0.428 e. The number of nitrogens with zero attached hydrogens (tertiary/aromatic N) is 2. The van der Waals surface area contributed by atoms with Crippen LogP contribution in [0.1, 0.15) is 24.5 Å². The van der Waals surface area contributed by atoms with Crippen molar-refractivity contribution in [2.45, 2.75) is 32.2 Å². The highest BCUT2D eigenvalue weighted by Crippen LogP contribution is 2.20. The third-order valence-electron chi connectivity index (χ3n) is 6.25. The standard InChI is InChI=1S/C32H34N6O9/c1-21(39)34-26(18-27(40)45-2)29(41)38(25-12-8-5-9-13-25)28(30(42)46-3)36-31(43)35-24-16-14-22(15-17-24)19-33-37-32(44)47-20-23-10-6-4-7-11-23/h4-17,19,26,28H,18,20H2,1-3H3,(H,34,39)(H,37,44)(H2,35,36,43)/t26-,28+/m0/s1. The van der Waals surface area contributed by atoms with Crippen molar-refractivity contribution < 1.29 is 43.0 Å². The largest absolute Gasteiger partial charge is 0.469 e. The van der Waals surface area contributed by atoms with Crippen LogP contribution in [0.5, 0.6) is 0 Å². The molecule has 0 aliphatic carbocycles. The number of benzene rings is 3.